The summed E-state index contributed by atoms with van der Waals surface area (Å²) < 4.78 is 0. The van der Waals surface area contributed by atoms with Crippen LogP contribution in [0.25, 0.3) is 10.4 Å². The third-order valence-electron chi connectivity index (χ3n) is 5.84. The van der Waals surface area contributed by atoms with E-state index >= 15 is 0 Å². The number of aryl methyl sites for hydroxylation is 1. The summed E-state index contributed by atoms with van der Waals surface area (Å²) in [6.07, 6.45) is -0.519. The van der Waals surface area contributed by atoms with E-state index in [1.807, 2.05) is 64.4 Å². The molecular formula is C23H32N4O3S. The third-order valence-corrected chi connectivity index (χ3v) is 6.82. The van der Waals surface area contributed by atoms with Crippen molar-refractivity contribution in [2.24, 2.45) is 11.1 Å². The molecule has 0 radical (unpaired) electrons. The average molecular weight is 445 g/mol. The van der Waals surface area contributed by atoms with Gasteiger partial charge in [-0.15, -0.1) is 11.3 Å². The molecule has 0 spiro atoms. The third kappa shape index (κ3) is 5.14. The fraction of sp³-hybridized carbons (Fsp3) is 0.522. The quantitative estimate of drug-likeness (QED) is 0.657. The van der Waals surface area contributed by atoms with Gasteiger partial charge < -0.3 is 21.1 Å². The van der Waals surface area contributed by atoms with Gasteiger partial charge in [0.15, 0.2) is 0 Å². The molecule has 7 nitrogen and oxygen atoms in total. The summed E-state index contributed by atoms with van der Waals surface area (Å²) in [5.74, 6) is -0.581. The summed E-state index contributed by atoms with van der Waals surface area (Å²) in [6.45, 7) is 9.67. The normalized spacial score (nSPS) is 21.1. The summed E-state index contributed by atoms with van der Waals surface area (Å²) in [7, 11) is 0. The highest BCUT2D eigenvalue weighted by molar-refractivity contribution is 7.13. The molecule has 1 saturated heterocycles. The Morgan fingerprint density at radius 1 is 1.29 bits per heavy atom. The molecule has 1 aromatic heterocycles. The highest BCUT2D eigenvalue weighted by atomic mass is 32.1. The molecule has 1 fully saturated rings. The number of benzene rings is 1. The van der Waals surface area contributed by atoms with E-state index in [9.17, 15) is 14.7 Å². The Morgan fingerprint density at radius 3 is 2.48 bits per heavy atom. The Hall–Kier alpha value is -2.29. The van der Waals surface area contributed by atoms with E-state index in [-0.39, 0.29) is 30.8 Å². The number of hydrogen-bond acceptors (Lipinski definition) is 6. The number of β-amino-alcohol motifs (C(OH)–C–C–N with tert-alkyl or cyclic N) is 1. The van der Waals surface area contributed by atoms with Crippen molar-refractivity contribution in [3.63, 3.8) is 0 Å². The molecule has 2 heterocycles. The number of aromatic nitrogens is 1. The van der Waals surface area contributed by atoms with Gasteiger partial charge in [-0.05, 0) is 30.4 Å². The molecule has 2 aromatic rings. The summed E-state index contributed by atoms with van der Waals surface area (Å²) in [5.41, 5.74) is 10.6. The number of rotatable bonds is 5. The van der Waals surface area contributed by atoms with Crippen molar-refractivity contribution >= 4 is 23.2 Å². The van der Waals surface area contributed by atoms with Gasteiger partial charge >= 0.3 is 0 Å². The fourth-order valence-electron chi connectivity index (χ4n) is 3.75. The maximum absolute atomic E-state index is 13.0. The van der Waals surface area contributed by atoms with Crippen LogP contribution in [0.2, 0.25) is 0 Å². The van der Waals surface area contributed by atoms with Crippen LogP contribution in [-0.2, 0) is 9.59 Å². The van der Waals surface area contributed by atoms with Gasteiger partial charge in [-0.3, -0.25) is 9.59 Å². The van der Waals surface area contributed by atoms with Gasteiger partial charge in [0.25, 0.3) is 0 Å². The zero-order valence-corrected chi connectivity index (χ0v) is 19.6. The van der Waals surface area contributed by atoms with Gasteiger partial charge in [-0.1, -0.05) is 45.0 Å². The van der Waals surface area contributed by atoms with Crippen LogP contribution in [0.3, 0.4) is 0 Å². The second-order valence-corrected chi connectivity index (χ2v) is 10.2. The zero-order valence-electron chi connectivity index (χ0n) is 18.8. The standard InChI is InChI=1S/C23H32N4O3S/c1-13(15-6-8-16(9-7-15)19-14(2)25-12-31-19)26-21(29)18-10-17(28)11-27(18)22(30)20(24)23(3,4)5/h6-9,12-13,17-18,20,28H,10-11,24H2,1-5H3,(H,26,29)/t13-,17-,18-,20?/m0/s1. The monoisotopic (exact) mass is 444 g/mol. The van der Waals surface area contributed by atoms with Crippen LogP contribution in [-0.4, -0.2) is 51.5 Å². The van der Waals surface area contributed by atoms with Crippen molar-refractivity contribution < 1.29 is 14.7 Å². The van der Waals surface area contributed by atoms with E-state index in [2.05, 4.69) is 10.3 Å². The van der Waals surface area contributed by atoms with Gasteiger partial charge in [-0.25, -0.2) is 4.98 Å². The molecule has 1 aromatic carbocycles. The van der Waals surface area contributed by atoms with E-state index in [1.54, 1.807) is 11.3 Å². The van der Waals surface area contributed by atoms with Gasteiger partial charge in [-0.2, -0.15) is 0 Å². The number of nitrogens with two attached hydrogens (primary N) is 1. The number of carbonyl (C=O) groups is 2. The maximum atomic E-state index is 13.0. The number of nitrogens with one attached hydrogen (secondary N) is 1. The Labute approximate surface area is 187 Å². The Balaban J connectivity index is 1.69. The van der Waals surface area contributed by atoms with Crippen LogP contribution < -0.4 is 11.1 Å². The first-order valence-electron chi connectivity index (χ1n) is 10.5. The number of likely N-dealkylation sites (tertiary alicyclic amines) is 1. The van der Waals surface area contributed by atoms with Gasteiger partial charge in [0.05, 0.1) is 34.3 Å². The largest absolute Gasteiger partial charge is 0.391 e. The lowest BCUT2D eigenvalue weighted by molar-refractivity contribution is -0.141. The van der Waals surface area contributed by atoms with Crippen LogP contribution in [0, 0.1) is 12.3 Å². The van der Waals surface area contributed by atoms with Gasteiger partial charge in [0.1, 0.15) is 6.04 Å². The summed E-state index contributed by atoms with van der Waals surface area (Å²) in [6, 6.07) is 6.32. The molecule has 2 amide bonds. The van der Waals surface area contributed by atoms with E-state index in [0.29, 0.717) is 0 Å². The molecule has 4 atom stereocenters. The van der Waals surface area contributed by atoms with Crippen molar-refractivity contribution in [3.8, 4) is 10.4 Å². The molecule has 4 N–H and O–H groups in total. The SMILES string of the molecule is Cc1ncsc1-c1ccc([C@H](C)NC(=O)[C@@H]2C[C@H](O)CN2C(=O)C(N)C(C)(C)C)cc1. The molecule has 1 unspecified atom stereocenters. The Bertz CT molecular complexity index is 935. The number of amides is 2. The lowest BCUT2D eigenvalue weighted by atomic mass is 9.86. The van der Waals surface area contributed by atoms with Crippen molar-refractivity contribution in [1.29, 1.82) is 0 Å². The van der Waals surface area contributed by atoms with Crippen LogP contribution in [0.1, 0.15) is 51.4 Å². The minimum absolute atomic E-state index is 0.123. The van der Waals surface area contributed by atoms with Gasteiger partial charge in [0.2, 0.25) is 11.8 Å². The van der Waals surface area contributed by atoms with Crippen LogP contribution in [0.5, 0.6) is 0 Å². The maximum Gasteiger partial charge on any atom is 0.243 e. The molecule has 1 aliphatic heterocycles. The van der Waals surface area contributed by atoms with E-state index in [4.69, 9.17) is 5.73 Å². The highest BCUT2D eigenvalue weighted by Gasteiger charge is 2.42. The van der Waals surface area contributed by atoms with Gasteiger partial charge in [0, 0.05) is 13.0 Å². The van der Waals surface area contributed by atoms with Crippen LogP contribution >= 0.6 is 11.3 Å². The predicted molar refractivity (Wildman–Crippen MR) is 122 cm³/mol. The molecular weight excluding hydrogens is 412 g/mol. The van der Waals surface area contributed by atoms with E-state index < -0.39 is 23.6 Å². The molecule has 0 aliphatic carbocycles. The number of aliphatic hydroxyl groups excluding tert-OH is 1. The summed E-state index contributed by atoms with van der Waals surface area (Å²) in [4.78, 5) is 32.7. The molecule has 0 saturated carbocycles. The smallest absolute Gasteiger partial charge is 0.243 e. The predicted octanol–water partition coefficient (Wildman–Crippen LogP) is 2.63. The molecule has 3 rings (SSSR count). The van der Waals surface area contributed by atoms with E-state index in [1.165, 1.54) is 4.90 Å². The number of hydrogen-bond donors (Lipinski definition) is 3. The highest BCUT2D eigenvalue weighted by Crippen LogP contribution is 2.29. The Morgan fingerprint density at radius 2 is 1.94 bits per heavy atom. The lowest BCUT2D eigenvalue weighted by Crippen LogP contribution is -2.55. The molecule has 168 valence electrons. The topological polar surface area (TPSA) is 109 Å². The zero-order chi connectivity index (χ0) is 22.9. The molecule has 1 aliphatic rings. The fourth-order valence-corrected chi connectivity index (χ4v) is 4.56. The number of nitrogens with zero attached hydrogens (tertiary/aromatic N) is 2. The van der Waals surface area contributed by atoms with Crippen molar-refractivity contribution in [1.82, 2.24) is 15.2 Å². The lowest BCUT2D eigenvalue weighted by Gasteiger charge is -2.32. The number of carbonyl (C=O) groups excluding carboxylic acids is 2. The van der Waals surface area contributed by atoms with Crippen molar-refractivity contribution in [2.45, 2.75) is 65.3 Å². The average Bonchev–Trinajstić information content (AvgIpc) is 3.31. The minimum Gasteiger partial charge on any atom is -0.391 e. The van der Waals surface area contributed by atoms with Crippen molar-refractivity contribution in [3.05, 3.63) is 41.0 Å². The number of thiazole rings is 1. The van der Waals surface area contributed by atoms with Crippen molar-refractivity contribution in [2.75, 3.05) is 6.54 Å². The Kier molecular flexibility index (Phi) is 6.83. The molecule has 0 bridgehead atoms. The first-order valence-corrected chi connectivity index (χ1v) is 11.4. The molecule has 8 heteroatoms. The van der Waals surface area contributed by atoms with E-state index in [0.717, 1.165) is 21.7 Å². The van der Waals surface area contributed by atoms with Crippen LogP contribution in [0.15, 0.2) is 29.8 Å². The first-order chi connectivity index (χ1) is 14.5. The minimum atomic E-state index is -0.742. The molecule has 31 heavy (non-hydrogen) atoms. The second kappa shape index (κ2) is 9.06. The van der Waals surface area contributed by atoms with Crippen LogP contribution in [0.4, 0.5) is 0 Å². The number of aliphatic hydroxyl groups is 1. The summed E-state index contributed by atoms with van der Waals surface area (Å²) >= 11 is 1.60. The summed E-state index contributed by atoms with van der Waals surface area (Å²) in [5, 5.41) is 13.1. The first kappa shape index (κ1) is 23.4. The second-order valence-electron chi connectivity index (χ2n) is 9.36.